The maximum atomic E-state index is 12.2. The Kier molecular flexibility index (Phi) is 9.13. The molecule has 1 N–H and O–H groups in total. The van der Waals surface area contributed by atoms with Gasteiger partial charge in [0.25, 0.3) is 0 Å². The fourth-order valence-electron chi connectivity index (χ4n) is 3.28. The molecule has 0 amide bonds. The van der Waals surface area contributed by atoms with Crippen molar-refractivity contribution in [1.82, 2.24) is 9.97 Å². The van der Waals surface area contributed by atoms with Gasteiger partial charge in [0.05, 0.1) is 7.11 Å². The normalized spacial score (nSPS) is 10.7. The van der Waals surface area contributed by atoms with Crippen LogP contribution in [0.25, 0.3) is 11.1 Å². The molecule has 1 heterocycles. The van der Waals surface area contributed by atoms with E-state index in [1.807, 2.05) is 24.3 Å². The van der Waals surface area contributed by atoms with Crippen molar-refractivity contribution >= 4 is 32.3 Å². The van der Waals surface area contributed by atoms with Gasteiger partial charge in [-0.25, -0.2) is 0 Å². The number of carbonyl (C=O) groups excluding carboxylic acids is 1. The molecule has 0 saturated carbocycles. The Balaban J connectivity index is 1.73. The molecular weight excluding hydrogens is 481 g/mol. The van der Waals surface area contributed by atoms with Crippen molar-refractivity contribution < 1.29 is 19.0 Å². The van der Waals surface area contributed by atoms with Crippen LogP contribution in [0.1, 0.15) is 24.2 Å². The third kappa shape index (κ3) is 6.72. The summed E-state index contributed by atoms with van der Waals surface area (Å²) < 4.78 is 16.1. The summed E-state index contributed by atoms with van der Waals surface area (Å²) in [6.07, 6.45) is 3.52. The van der Waals surface area contributed by atoms with Crippen molar-refractivity contribution in [2.75, 3.05) is 26.1 Å². The van der Waals surface area contributed by atoms with Crippen LogP contribution in [-0.4, -0.2) is 51.4 Å². The molecule has 0 aliphatic carbocycles. The first kappa shape index (κ1) is 24.6. The third-order valence-corrected chi connectivity index (χ3v) is 10.7. The van der Waals surface area contributed by atoms with Gasteiger partial charge in [-0.2, -0.15) is 0 Å². The summed E-state index contributed by atoms with van der Waals surface area (Å²) in [5, 5.41) is 6.76. The Morgan fingerprint density at radius 3 is 2.27 bits per heavy atom. The number of aromatic nitrogens is 2. The van der Waals surface area contributed by atoms with Crippen molar-refractivity contribution in [1.29, 1.82) is 0 Å². The summed E-state index contributed by atoms with van der Waals surface area (Å²) in [5.74, 6) is 1.34. The quantitative estimate of drug-likeness (QED) is 0.265. The van der Waals surface area contributed by atoms with Crippen LogP contribution in [-0.2, 0) is 4.74 Å². The van der Waals surface area contributed by atoms with Crippen molar-refractivity contribution in [3.63, 3.8) is 0 Å². The molecule has 33 heavy (non-hydrogen) atoms. The summed E-state index contributed by atoms with van der Waals surface area (Å²) in [6.45, 7) is 5.09. The first-order chi connectivity index (χ1) is 16.1. The zero-order valence-electron chi connectivity index (χ0n) is 19.5. The minimum absolute atomic E-state index is 0.408. The molecule has 0 aliphatic rings. The number of carbonyl (C=O) groups is 1. The number of nitrogens with one attached hydrogen (secondary N) is 1. The maximum absolute atomic E-state index is 12.2. The van der Waals surface area contributed by atoms with E-state index in [9.17, 15) is 4.79 Å². The number of anilines is 2. The van der Waals surface area contributed by atoms with Gasteiger partial charge in [0.2, 0.25) is 0 Å². The van der Waals surface area contributed by atoms with E-state index in [2.05, 4.69) is 29.1 Å². The average Bonchev–Trinajstić information content (AvgIpc) is 2.87. The first-order valence-electron chi connectivity index (χ1n) is 10.9. The number of esters is 1. The fourth-order valence-corrected chi connectivity index (χ4v) is 6.28. The molecule has 0 aliphatic heterocycles. The summed E-state index contributed by atoms with van der Waals surface area (Å²) in [5.41, 5.74) is 3.04. The van der Waals surface area contributed by atoms with E-state index in [0.29, 0.717) is 23.9 Å². The van der Waals surface area contributed by atoms with Gasteiger partial charge in [-0.05, 0) is 12.1 Å². The number of benzene rings is 2. The summed E-state index contributed by atoms with van der Waals surface area (Å²) in [4.78, 5) is 21.0. The van der Waals surface area contributed by atoms with Crippen LogP contribution in [0.4, 0.5) is 11.6 Å². The van der Waals surface area contributed by atoms with Gasteiger partial charge in [-0.1, -0.05) is 12.1 Å². The average molecular weight is 511 g/mol. The monoisotopic (exact) mass is 511 g/mol. The van der Waals surface area contributed by atoms with E-state index in [4.69, 9.17) is 14.2 Å². The summed E-state index contributed by atoms with van der Waals surface area (Å²) in [7, 11) is 3.01. The SMILES string of the molecule is CC[As](CC)CCOc1cc(Nc2ncc(-c3ccc(OC)cc3)cn2)ccc1C(=O)OC. The molecular formula is C25H30AsN3O4. The van der Waals surface area contributed by atoms with E-state index < -0.39 is 20.6 Å². The Bertz CT molecular complexity index is 1040. The van der Waals surface area contributed by atoms with E-state index in [-0.39, 0.29) is 0 Å². The predicted octanol–water partition coefficient (Wildman–Crippen LogP) is 5.60. The van der Waals surface area contributed by atoms with E-state index in [0.717, 1.165) is 27.8 Å². The molecule has 3 rings (SSSR count). The zero-order chi connectivity index (χ0) is 23.6. The molecule has 0 bridgehead atoms. The molecule has 0 saturated heterocycles. The van der Waals surface area contributed by atoms with Crippen LogP contribution in [0.2, 0.25) is 15.6 Å². The van der Waals surface area contributed by atoms with Gasteiger partial charge in [0.15, 0.2) is 0 Å². The van der Waals surface area contributed by atoms with Crippen LogP contribution in [0.3, 0.4) is 0 Å². The van der Waals surface area contributed by atoms with Gasteiger partial charge in [-0.3, -0.25) is 0 Å². The molecule has 0 radical (unpaired) electrons. The molecule has 3 aromatic rings. The Morgan fingerprint density at radius 2 is 1.67 bits per heavy atom. The second-order valence-corrected chi connectivity index (χ2v) is 13.6. The molecule has 0 unspecified atom stereocenters. The second kappa shape index (κ2) is 12.3. The van der Waals surface area contributed by atoms with Crippen LogP contribution in [0, 0.1) is 0 Å². The number of methoxy groups -OCH3 is 2. The number of ether oxygens (including phenoxy) is 3. The number of hydrogen-bond donors (Lipinski definition) is 1. The molecule has 2 aromatic carbocycles. The van der Waals surface area contributed by atoms with Gasteiger partial charge < -0.3 is 4.74 Å². The Labute approximate surface area is 199 Å². The van der Waals surface area contributed by atoms with Crippen LogP contribution in [0.5, 0.6) is 11.5 Å². The van der Waals surface area contributed by atoms with Gasteiger partial charge >= 0.3 is 158 Å². The van der Waals surface area contributed by atoms with Gasteiger partial charge in [0.1, 0.15) is 5.75 Å². The molecule has 0 spiro atoms. The van der Waals surface area contributed by atoms with Crippen molar-refractivity contribution in [2.24, 2.45) is 0 Å². The molecule has 7 nitrogen and oxygen atoms in total. The standard InChI is InChI=1S/C25H30AsN3O4/c1-5-26(6-2)13-14-33-23-15-20(9-12-22(23)24(30)32-4)29-25-27-16-19(17-28-25)18-7-10-21(31-3)11-8-18/h7-12,15-17H,5-6,13-14H2,1-4H3,(H,27,28,29). The molecule has 1 aromatic heterocycles. The summed E-state index contributed by atoms with van der Waals surface area (Å²) >= 11 is -0.838. The van der Waals surface area contributed by atoms with Crippen LogP contribution >= 0.6 is 0 Å². The van der Waals surface area contributed by atoms with Crippen molar-refractivity contribution in [3.8, 4) is 22.6 Å². The number of rotatable bonds is 11. The minimum atomic E-state index is -0.838. The van der Waals surface area contributed by atoms with Crippen molar-refractivity contribution in [2.45, 2.75) is 29.5 Å². The third-order valence-electron chi connectivity index (χ3n) is 5.28. The number of nitrogens with zero attached hydrogens (tertiary/aromatic N) is 2. The summed E-state index contributed by atoms with van der Waals surface area (Å²) in [6, 6.07) is 13.0. The molecule has 8 heteroatoms. The zero-order valence-corrected chi connectivity index (χ0v) is 21.4. The molecule has 0 fully saturated rings. The van der Waals surface area contributed by atoms with Crippen molar-refractivity contribution in [3.05, 3.63) is 60.4 Å². The number of hydrogen-bond acceptors (Lipinski definition) is 7. The van der Waals surface area contributed by atoms with E-state index >= 15 is 0 Å². The van der Waals surface area contributed by atoms with Gasteiger partial charge in [0, 0.05) is 0 Å². The van der Waals surface area contributed by atoms with E-state index in [1.165, 1.54) is 17.5 Å². The Morgan fingerprint density at radius 1 is 0.970 bits per heavy atom. The van der Waals surface area contributed by atoms with Gasteiger partial charge in [-0.15, -0.1) is 0 Å². The van der Waals surface area contributed by atoms with Crippen LogP contribution in [0.15, 0.2) is 54.9 Å². The Hall–Kier alpha value is -3.05. The fraction of sp³-hybridized carbons (Fsp3) is 0.320. The molecule has 174 valence electrons. The second-order valence-electron chi connectivity index (χ2n) is 7.23. The van der Waals surface area contributed by atoms with Crippen LogP contribution < -0.4 is 14.8 Å². The topological polar surface area (TPSA) is 82.6 Å². The molecule has 0 atom stereocenters. The predicted molar refractivity (Wildman–Crippen MR) is 132 cm³/mol. The first-order valence-corrected chi connectivity index (χ1v) is 14.9. The van der Waals surface area contributed by atoms with E-state index in [1.54, 1.807) is 37.7 Å².